The molecule has 31 heavy (non-hydrogen) atoms. The summed E-state index contributed by atoms with van der Waals surface area (Å²) in [5.41, 5.74) is 0.664. The Morgan fingerprint density at radius 3 is 2.55 bits per heavy atom. The van der Waals surface area contributed by atoms with Crippen molar-refractivity contribution in [3.63, 3.8) is 0 Å². The van der Waals surface area contributed by atoms with Crippen molar-refractivity contribution in [3.8, 4) is 5.69 Å². The summed E-state index contributed by atoms with van der Waals surface area (Å²) in [5.74, 6) is -0.613. The Labute approximate surface area is 176 Å². The summed E-state index contributed by atoms with van der Waals surface area (Å²) in [4.78, 5) is 27.5. The number of hydrogen-bond acceptors (Lipinski definition) is 3. The molecule has 1 aromatic heterocycles. The number of hydrogen-bond donors (Lipinski definition) is 0. The molecule has 0 saturated carbocycles. The fraction of sp³-hybridized carbons (Fsp3) is 0.261. The van der Waals surface area contributed by atoms with Crippen LogP contribution in [0.15, 0.2) is 53.3 Å². The number of benzene rings is 2. The third kappa shape index (κ3) is 3.73. The van der Waals surface area contributed by atoms with Crippen molar-refractivity contribution in [1.29, 1.82) is 0 Å². The smallest absolute Gasteiger partial charge is 0.306 e. The fourth-order valence-electron chi connectivity index (χ4n) is 4.02. The minimum Gasteiger partial charge on any atom is -0.306 e. The summed E-state index contributed by atoms with van der Waals surface area (Å²) in [6, 6.07) is 11.8. The molecule has 0 N–H and O–H groups in total. The molecule has 0 spiro atoms. The van der Waals surface area contributed by atoms with Crippen LogP contribution in [-0.2, 0) is 12.6 Å². The summed E-state index contributed by atoms with van der Waals surface area (Å²) >= 11 is 0. The first-order valence-electron chi connectivity index (χ1n) is 9.86. The van der Waals surface area contributed by atoms with E-state index in [2.05, 4.69) is 5.10 Å². The molecule has 0 atom stereocenters. The van der Waals surface area contributed by atoms with Crippen molar-refractivity contribution in [3.05, 3.63) is 86.8 Å². The van der Waals surface area contributed by atoms with Crippen molar-refractivity contribution in [1.82, 2.24) is 9.78 Å². The van der Waals surface area contributed by atoms with E-state index >= 15 is 0 Å². The third-order valence-electron chi connectivity index (χ3n) is 5.41. The lowest BCUT2D eigenvalue weighted by atomic mass is 9.98. The molecule has 0 radical (unpaired) electrons. The maximum absolute atomic E-state index is 13.5. The Kier molecular flexibility index (Phi) is 5.16. The second kappa shape index (κ2) is 7.68. The van der Waals surface area contributed by atoms with Crippen molar-refractivity contribution in [2.75, 3.05) is 11.4 Å². The molecule has 1 aliphatic rings. The zero-order chi connectivity index (χ0) is 22.3. The van der Waals surface area contributed by atoms with Crippen molar-refractivity contribution in [2.45, 2.75) is 32.9 Å². The van der Waals surface area contributed by atoms with Crippen LogP contribution >= 0.6 is 0 Å². The van der Waals surface area contributed by atoms with Gasteiger partial charge in [0.1, 0.15) is 0 Å². The van der Waals surface area contributed by atoms with Crippen LogP contribution in [0.4, 0.5) is 18.9 Å². The Morgan fingerprint density at radius 1 is 1.06 bits per heavy atom. The standard InChI is InChI=1S/C23H20F3N3O2/c1-14-7-5-8-16-9-6-12-28(21(14)16)22(31)20-19(30)13-15(2)29(27-20)18-11-4-3-10-17(18)23(24,25)26/h3-5,7-8,10-11,13H,6,9,12H2,1-2H3. The molecule has 1 amide bonds. The van der Waals surface area contributed by atoms with Crippen molar-refractivity contribution >= 4 is 11.6 Å². The highest BCUT2D eigenvalue weighted by atomic mass is 19.4. The Morgan fingerprint density at radius 2 is 1.81 bits per heavy atom. The molecule has 160 valence electrons. The first kappa shape index (κ1) is 20.8. The SMILES string of the molecule is Cc1cccc2c1N(C(=O)c1nn(-c3ccccc3C(F)(F)F)c(C)cc1=O)CCC2. The summed E-state index contributed by atoms with van der Waals surface area (Å²) < 4.78 is 41.6. The number of aromatic nitrogens is 2. The predicted octanol–water partition coefficient (Wildman–Crippen LogP) is 4.46. The fourth-order valence-corrected chi connectivity index (χ4v) is 4.02. The molecule has 8 heteroatoms. The number of nitrogens with zero attached hydrogens (tertiary/aromatic N) is 3. The zero-order valence-electron chi connectivity index (χ0n) is 17.0. The lowest BCUT2D eigenvalue weighted by molar-refractivity contribution is -0.137. The number of rotatable bonds is 2. The average Bonchev–Trinajstić information content (AvgIpc) is 2.73. The average molecular weight is 427 g/mol. The molecule has 2 aromatic carbocycles. The number of aryl methyl sites for hydroxylation is 3. The van der Waals surface area contributed by atoms with Crippen molar-refractivity contribution < 1.29 is 18.0 Å². The molecule has 3 aromatic rings. The predicted molar refractivity (Wildman–Crippen MR) is 111 cm³/mol. The van der Waals surface area contributed by atoms with Gasteiger partial charge in [-0.15, -0.1) is 0 Å². The van der Waals surface area contributed by atoms with E-state index in [9.17, 15) is 22.8 Å². The Hall–Kier alpha value is -3.42. The van der Waals surface area contributed by atoms with Gasteiger partial charge in [-0.3, -0.25) is 9.59 Å². The van der Waals surface area contributed by atoms with E-state index in [1.807, 2.05) is 25.1 Å². The van der Waals surface area contributed by atoms with Gasteiger partial charge in [0.2, 0.25) is 5.43 Å². The van der Waals surface area contributed by atoms with Crippen LogP contribution in [-0.4, -0.2) is 22.2 Å². The molecule has 0 unspecified atom stereocenters. The van der Waals surface area contributed by atoms with Gasteiger partial charge in [-0.25, -0.2) is 4.68 Å². The molecule has 5 nitrogen and oxygen atoms in total. The summed E-state index contributed by atoms with van der Waals surface area (Å²) in [7, 11) is 0. The topological polar surface area (TPSA) is 55.2 Å². The largest absolute Gasteiger partial charge is 0.418 e. The molecule has 0 fully saturated rings. The normalized spacial score (nSPS) is 13.8. The van der Waals surface area contributed by atoms with E-state index in [0.29, 0.717) is 6.54 Å². The first-order chi connectivity index (χ1) is 14.7. The quantitative estimate of drug-likeness (QED) is 0.607. The van der Waals surface area contributed by atoms with E-state index in [1.165, 1.54) is 30.0 Å². The van der Waals surface area contributed by atoms with E-state index in [1.54, 1.807) is 0 Å². The molecule has 0 aliphatic carbocycles. The van der Waals surface area contributed by atoms with E-state index in [0.717, 1.165) is 46.5 Å². The number of fused-ring (bicyclic) bond motifs is 1. The van der Waals surface area contributed by atoms with Crippen LogP contribution in [0.1, 0.15) is 39.3 Å². The maximum Gasteiger partial charge on any atom is 0.418 e. The Balaban J connectivity index is 1.85. The maximum atomic E-state index is 13.5. The number of anilines is 1. The molecule has 2 heterocycles. The highest BCUT2D eigenvalue weighted by Crippen LogP contribution is 2.34. The lowest BCUT2D eigenvalue weighted by Gasteiger charge is -2.30. The van der Waals surface area contributed by atoms with Gasteiger partial charge in [-0.05, 0) is 49.9 Å². The first-order valence-corrected chi connectivity index (χ1v) is 9.86. The van der Waals surface area contributed by atoms with Gasteiger partial charge in [-0.1, -0.05) is 30.3 Å². The van der Waals surface area contributed by atoms with Gasteiger partial charge in [0.15, 0.2) is 5.69 Å². The molecule has 0 saturated heterocycles. The van der Waals surface area contributed by atoms with Gasteiger partial charge >= 0.3 is 6.18 Å². The summed E-state index contributed by atoms with van der Waals surface area (Å²) in [6.45, 7) is 3.77. The number of carbonyl (C=O) groups excluding carboxylic acids is 1. The highest BCUT2D eigenvalue weighted by Gasteiger charge is 2.35. The number of para-hydroxylation sites is 2. The van der Waals surface area contributed by atoms with Gasteiger partial charge in [0.05, 0.1) is 16.9 Å². The molecule has 0 bridgehead atoms. The second-order valence-corrected chi connectivity index (χ2v) is 7.57. The summed E-state index contributed by atoms with van der Waals surface area (Å²) in [5, 5.41) is 4.11. The van der Waals surface area contributed by atoms with Crippen LogP contribution < -0.4 is 10.3 Å². The zero-order valence-corrected chi connectivity index (χ0v) is 17.0. The van der Waals surface area contributed by atoms with E-state index in [4.69, 9.17) is 0 Å². The van der Waals surface area contributed by atoms with Gasteiger partial charge < -0.3 is 4.90 Å². The van der Waals surface area contributed by atoms with Crippen LogP contribution in [0.25, 0.3) is 5.69 Å². The molecular formula is C23H20F3N3O2. The van der Waals surface area contributed by atoms with E-state index in [-0.39, 0.29) is 11.4 Å². The molecular weight excluding hydrogens is 407 g/mol. The minimum absolute atomic E-state index is 0.202. The second-order valence-electron chi connectivity index (χ2n) is 7.57. The van der Waals surface area contributed by atoms with Gasteiger partial charge in [0.25, 0.3) is 5.91 Å². The van der Waals surface area contributed by atoms with Crippen molar-refractivity contribution in [2.24, 2.45) is 0 Å². The number of alkyl halides is 3. The van der Waals surface area contributed by atoms with E-state index < -0.39 is 28.8 Å². The van der Waals surface area contributed by atoms with Crippen LogP contribution in [0.5, 0.6) is 0 Å². The highest BCUT2D eigenvalue weighted by molar-refractivity contribution is 6.05. The monoisotopic (exact) mass is 427 g/mol. The molecule has 1 aliphatic heterocycles. The third-order valence-corrected chi connectivity index (χ3v) is 5.41. The van der Waals surface area contributed by atoms with Crippen LogP contribution in [0, 0.1) is 13.8 Å². The van der Waals surface area contributed by atoms with Gasteiger partial charge in [-0.2, -0.15) is 18.3 Å². The number of halogens is 3. The molecule has 4 rings (SSSR count). The summed E-state index contributed by atoms with van der Waals surface area (Å²) in [6.07, 6.45) is -3.08. The Bertz CT molecular complexity index is 1230. The van der Waals surface area contributed by atoms with Crippen LogP contribution in [0.2, 0.25) is 0 Å². The lowest BCUT2D eigenvalue weighted by Crippen LogP contribution is -2.40. The number of amides is 1. The van der Waals surface area contributed by atoms with Gasteiger partial charge in [0, 0.05) is 18.3 Å². The van der Waals surface area contributed by atoms with Crippen LogP contribution in [0.3, 0.4) is 0 Å². The minimum atomic E-state index is -4.61. The number of carbonyl (C=O) groups is 1.